The molecule has 0 saturated carbocycles. The van der Waals surface area contributed by atoms with Crippen LogP contribution in [-0.4, -0.2) is 45.2 Å². The molecule has 0 aromatic heterocycles. The molecule has 118 valence electrons. The highest BCUT2D eigenvalue weighted by Crippen LogP contribution is 2.38. The smallest absolute Gasteiger partial charge is 0.369 e. The molecular weight excluding hydrogens is 279 g/mol. The molecule has 3 nitrogen and oxygen atoms in total. The summed E-state index contributed by atoms with van der Waals surface area (Å²) in [6.07, 6.45) is -3.43. The van der Waals surface area contributed by atoms with Crippen molar-refractivity contribution >= 4 is 5.69 Å². The van der Waals surface area contributed by atoms with E-state index in [1.165, 1.54) is 6.07 Å². The summed E-state index contributed by atoms with van der Waals surface area (Å²) in [6.45, 7) is 1.74. The summed E-state index contributed by atoms with van der Waals surface area (Å²) < 4.78 is 40.0. The minimum absolute atomic E-state index is 0.298. The van der Waals surface area contributed by atoms with Crippen LogP contribution in [0.3, 0.4) is 0 Å². The normalized spacial score (nSPS) is 19.6. The second-order valence-corrected chi connectivity index (χ2v) is 5.73. The van der Waals surface area contributed by atoms with E-state index in [4.69, 9.17) is 0 Å². The van der Waals surface area contributed by atoms with Crippen molar-refractivity contribution in [1.82, 2.24) is 10.2 Å². The number of nitrogens with zero attached hydrogens (tertiary/aromatic N) is 2. The van der Waals surface area contributed by atoms with Gasteiger partial charge in [-0.25, -0.2) is 0 Å². The lowest BCUT2D eigenvalue weighted by Gasteiger charge is -2.25. The van der Waals surface area contributed by atoms with E-state index in [1.54, 1.807) is 19.2 Å². The van der Waals surface area contributed by atoms with E-state index in [0.29, 0.717) is 36.9 Å². The summed E-state index contributed by atoms with van der Waals surface area (Å²) >= 11 is 0. The van der Waals surface area contributed by atoms with Gasteiger partial charge in [0.15, 0.2) is 0 Å². The van der Waals surface area contributed by atoms with E-state index in [2.05, 4.69) is 10.2 Å². The van der Waals surface area contributed by atoms with Gasteiger partial charge in [0.25, 0.3) is 0 Å². The van der Waals surface area contributed by atoms with E-state index >= 15 is 0 Å². The highest BCUT2D eigenvalue weighted by Gasteiger charge is 2.36. The van der Waals surface area contributed by atoms with Crippen molar-refractivity contribution < 1.29 is 13.2 Å². The number of hydrogen-bond acceptors (Lipinski definition) is 3. The van der Waals surface area contributed by atoms with Crippen molar-refractivity contribution in [3.63, 3.8) is 0 Å². The molecule has 0 amide bonds. The van der Waals surface area contributed by atoms with Gasteiger partial charge >= 0.3 is 6.18 Å². The predicted octanol–water partition coefficient (Wildman–Crippen LogP) is 2.57. The first kappa shape index (κ1) is 16.1. The Morgan fingerprint density at radius 3 is 2.57 bits per heavy atom. The largest absolute Gasteiger partial charge is 0.418 e. The first-order valence-electron chi connectivity index (χ1n) is 7.09. The van der Waals surface area contributed by atoms with Crippen molar-refractivity contribution in [3.05, 3.63) is 29.3 Å². The van der Waals surface area contributed by atoms with Crippen molar-refractivity contribution in [2.24, 2.45) is 0 Å². The van der Waals surface area contributed by atoms with E-state index < -0.39 is 11.7 Å². The van der Waals surface area contributed by atoms with Crippen molar-refractivity contribution in [1.29, 1.82) is 0 Å². The van der Waals surface area contributed by atoms with E-state index in [0.717, 1.165) is 6.42 Å². The Morgan fingerprint density at radius 1 is 1.33 bits per heavy atom. The first-order chi connectivity index (χ1) is 9.82. The average Bonchev–Trinajstić information content (AvgIpc) is 2.87. The fraction of sp³-hybridized carbons (Fsp3) is 0.600. The Bertz CT molecular complexity index is 486. The van der Waals surface area contributed by atoms with E-state index in [-0.39, 0.29) is 0 Å². The number of hydrogen-bond donors (Lipinski definition) is 1. The van der Waals surface area contributed by atoms with Crippen LogP contribution in [0.25, 0.3) is 0 Å². The molecule has 1 atom stereocenters. The second-order valence-electron chi connectivity index (χ2n) is 5.73. The molecule has 1 aliphatic rings. The highest BCUT2D eigenvalue weighted by atomic mass is 19.4. The maximum absolute atomic E-state index is 13.3. The zero-order valence-corrected chi connectivity index (χ0v) is 12.7. The Morgan fingerprint density at radius 2 is 2.05 bits per heavy atom. The van der Waals surface area contributed by atoms with Crippen molar-refractivity contribution in [3.8, 4) is 0 Å². The molecule has 1 unspecified atom stereocenters. The van der Waals surface area contributed by atoms with Crippen molar-refractivity contribution in [2.45, 2.75) is 25.2 Å². The van der Waals surface area contributed by atoms with Gasteiger partial charge in [0.2, 0.25) is 0 Å². The van der Waals surface area contributed by atoms with Gasteiger partial charge in [-0.3, -0.25) is 0 Å². The van der Waals surface area contributed by atoms with Gasteiger partial charge in [0, 0.05) is 31.4 Å². The topological polar surface area (TPSA) is 18.5 Å². The molecule has 1 saturated heterocycles. The molecule has 0 radical (unpaired) electrons. The van der Waals surface area contributed by atoms with Gasteiger partial charge in [0.1, 0.15) is 0 Å². The number of halogens is 3. The SMILES string of the molecule is CNCc1ccc(N2CCC(N(C)C)C2)c(C(F)(F)F)c1. The summed E-state index contributed by atoms with van der Waals surface area (Å²) in [5.74, 6) is 0. The standard InChI is InChI=1S/C15H22F3N3/c1-19-9-11-4-5-14(13(8-11)15(16,17)18)21-7-6-12(10-21)20(2)3/h4-5,8,12,19H,6-7,9-10H2,1-3H3. The van der Waals surface area contributed by atoms with Crippen molar-refractivity contribution in [2.75, 3.05) is 39.1 Å². The summed E-state index contributed by atoms with van der Waals surface area (Å²) in [6, 6.07) is 4.94. The fourth-order valence-corrected chi connectivity index (χ4v) is 2.78. The second kappa shape index (κ2) is 6.23. The number of anilines is 1. The number of alkyl halides is 3. The van der Waals surface area contributed by atoms with Gasteiger partial charge in [-0.2, -0.15) is 13.2 Å². The van der Waals surface area contributed by atoms with Crippen LogP contribution in [0.15, 0.2) is 18.2 Å². The van der Waals surface area contributed by atoms with Crippen LogP contribution in [0.4, 0.5) is 18.9 Å². The Balaban J connectivity index is 2.31. The molecule has 0 bridgehead atoms. The zero-order chi connectivity index (χ0) is 15.6. The zero-order valence-electron chi connectivity index (χ0n) is 12.7. The molecule has 2 rings (SSSR count). The molecule has 1 aromatic rings. The van der Waals surface area contributed by atoms with Gasteiger partial charge in [0.05, 0.1) is 5.56 Å². The number of nitrogens with one attached hydrogen (secondary N) is 1. The summed E-state index contributed by atoms with van der Waals surface area (Å²) in [5, 5.41) is 2.89. The summed E-state index contributed by atoms with van der Waals surface area (Å²) in [4.78, 5) is 3.92. The lowest BCUT2D eigenvalue weighted by molar-refractivity contribution is -0.137. The molecule has 6 heteroatoms. The summed E-state index contributed by atoms with van der Waals surface area (Å²) in [5.41, 5.74) is 0.415. The number of rotatable bonds is 4. The van der Waals surface area contributed by atoms with Crippen LogP contribution in [0.5, 0.6) is 0 Å². The first-order valence-corrected chi connectivity index (χ1v) is 7.09. The summed E-state index contributed by atoms with van der Waals surface area (Å²) in [7, 11) is 5.66. The lowest BCUT2D eigenvalue weighted by atomic mass is 10.1. The van der Waals surface area contributed by atoms with Gasteiger partial charge < -0.3 is 15.1 Å². The minimum atomic E-state index is -4.32. The number of benzene rings is 1. The molecule has 1 N–H and O–H groups in total. The van der Waals surface area contributed by atoms with E-state index in [1.807, 2.05) is 19.0 Å². The van der Waals surface area contributed by atoms with Gasteiger partial charge in [-0.05, 0) is 45.3 Å². The molecule has 1 aromatic carbocycles. The molecule has 1 aliphatic heterocycles. The van der Waals surface area contributed by atoms with Gasteiger partial charge in [-0.1, -0.05) is 6.07 Å². The van der Waals surface area contributed by atoms with Crippen LogP contribution in [0.1, 0.15) is 17.5 Å². The maximum Gasteiger partial charge on any atom is 0.418 e. The quantitative estimate of drug-likeness (QED) is 0.922. The monoisotopic (exact) mass is 301 g/mol. The lowest BCUT2D eigenvalue weighted by Crippen LogP contribution is -2.32. The van der Waals surface area contributed by atoms with Crippen LogP contribution < -0.4 is 10.2 Å². The van der Waals surface area contributed by atoms with E-state index in [9.17, 15) is 13.2 Å². The number of likely N-dealkylation sites (N-methyl/N-ethyl adjacent to an activating group) is 1. The molecule has 0 spiro atoms. The van der Waals surface area contributed by atoms with Crippen LogP contribution in [0.2, 0.25) is 0 Å². The molecule has 0 aliphatic carbocycles. The van der Waals surface area contributed by atoms with Crippen LogP contribution in [-0.2, 0) is 12.7 Å². The molecule has 1 fully saturated rings. The van der Waals surface area contributed by atoms with Gasteiger partial charge in [-0.15, -0.1) is 0 Å². The molecule has 21 heavy (non-hydrogen) atoms. The highest BCUT2D eigenvalue weighted by molar-refractivity contribution is 5.57. The maximum atomic E-state index is 13.3. The Hall–Kier alpha value is -1.27. The molecular formula is C15H22F3N3. The third-order valence-electron chi connectivity index (χ3n) is 3.98. The Labute approximate surface area is 123 Å². The molecule has 1 heterocycles. The predicted molar refractivity (Wildman–Crippen MR) is 78.5 cm³/mol. The third kappa shape index (κ3) is 3.68. The third-order valence-corrected chi connectivity index (χ3v) is 3.98. The fourth-order valence-electron chi connectivity index (χ4n) is 2.78. The minimum Gasteiger partial charge on any atom is -0.369 e. The average molecular weight is 301 g/mol. The van der Waals surface area contributed by atoms with Crippen LogP contribution >= 0.6 is 0 Å². The Kier molecular flexibility index (Phi) is 4.78. The van der Waals surface area contributed by atoms with Crippen LogP contribution in [0, 0.1) is 0 Å².